The Balaban J connectivity index is 2.13. The molecule has 0 bridgehead atoms. The van der Waals surface area contributed by atoms with Crippen molar-refractivity contribution in [2.75, 3.05) is 6.54 Å². The second-order valence-corrected chi connectivity index (χ2v) is 4.93. The number of allylic oxidation sites excluding steroid dienone is 5. The summed E-state index contributed by atoms with van der Waals surface area (Å²) in [5.74, 6) is 0.808. The van der Waals surface area contributed by atoms with Crippen molar-refractivity contribution in [3.63, 3.8) is 0 Å². The maximum atomic E-state index is 11.9. The van der Waals surface area contributed by atoms with Crippen LogP contribution in [0, 0.1) is 5.92 Å². The molecule has 1 fully saturated rings. The molecule has 0 radical (unpaired) electrons. The lowest BCUT2D eigenvalue weighted by Gasteiger charge is -2.36. The lowest BCUT2D eigenvalue weighted by Crippen LogP contribution is -2.38. The van der Waals surface area contributed by atoms with E-state index < -0.39 is 0 Å². The fourth-order valence-electron chi connectivity index (χ4n) is 2.92. The molecule has 1 unspecified atom stereocenters. The smallest absolute Gasteiger partial charge is 0.227 e. The van der Waals surface area contributed by atoms with Crippen LogP contribution < -0.4 is 0 Å². The van der Waals surface area contributed by atoms with Gasteiger partial charge < -0.3 is 4.90 Å². The van der Waals surface area contributed by atoms with Crippen LogP contribution in [0.15, 0.2) is 35.1 Å². The zero-order chi connectivity index (χ0) is 11.1. The Morgan fingerprint density at radius 3 is 3.06 bits per heavy atom. The zero-order valence-electron chi connectivity index (χ0n) is 9.70. The van der Waals surface area contributed by atoms with Crippen molar-refractivity contribution in [3.05, 3.63) is 35.1 Å². The van der Waals surface area contributed by atoms with E-state index in [2.05, 4.69) is 25.2 Å². The first-order valence-electron chi connectivity index (χ1n) is 6.18. The van der Waals surface area contributed by atoms with Gasteiger partial charge in [-0.05, 0) is 36.3 Å². The van der Waals surface area contributed by atoms with Crippen LogP contribution in [0.25, 0.3) is 0 Å². The number of nitrogens with zero attached hydrogens (tertiary/aromatic N) is 1. The van der Waals surface area contributed by atoms with E-state index in [-0.39, 0.29) is 0 Å². The van der Waals surface area contributed by atoms with Crippen molar-refractivity contribution in [1.29, 1.82) is 0 Å². The van der Waals surface area contributed by atoms with E-state index in [1.165, 1.54) is 16.8 Å². The highest BCUT2D eigenvalue weighted by Gasteiger charge is 2.31. The van der Waals surface area contributed by atoms with Gasteiger partial charge in [0.1, 0.15) is 0 Å². The molecule has 0 saturated carbocycles. The molecule has 2 heteroatoms. The third-order valence-electron chi connectivity index (χ3n) is 3.68. The van der Waals surface area contributed by atoms with Crippen LogP contribution in [0.4, 0.5) is 0 Å². The molecule has 1 amide bonds. The molecule has 2 aliphatic heterocycles. The molecule has 1 aliphatic carbocycles. The minimum atomic E-state index is 0.312. The number of carbonyl (C=O) groups is 1. The summed E-state index contributed by atoms with van der Waals surface area (Å²) in [7, 11) is 0. The second-order valence-electron chi connectivity index (χ2n) is 4.93. The molecule has 16 heavy (non-hydrogen) atoms. The highest BCUT2D eigenvalue weighted by molar-refractivity contribution is 5.82. The van der Waals surface area contributed by atoms with E-state index >= 15 is 0 Å². The van der Waals surface area contributed by atoms with E-state index in [4.69, 9.17) is 0 Å². The number of piperidine rings is 1. The zero-order valence-corrected chi connectivity index (χ0v) is 9.70. The molecule has 0 aromatic heterocycles. The second kappa shape index (κ2) is 3.62. The third kappa shape index (κ3) is 1.44. The van der Waals surface area contributed by atoms with Gasteiger partial charge in [0.25, 0.3) is 0 Å². The van der Waals surface area contributed by atoms with Gasteiger partial charge in [-0.2, -0.15) is 0 Å². The normalized spacial score (nSPS) is 28.8. The Labute approximate surface area is 96.3 Å². The van der Waals surface area contributed by atoms with Crippen molar-refractivity contribution in [2.24, 2.45) is 5.92 Å². The standard InChI is InChI=1S/C14H17NO/c1-10-4-5-11-6-7-13(16)15-8-2-3-12(9-10)14(11)15/h4-5,9-10H,2-3,6-8H2,1H3. The third-order valence-corrected chi connectivity index (χ3v) is 3.68. The van der Waals surface area contributed by atoms with E-state index in [1.807, 2.05) is 4.90 Å². The minimum Gasteiger partial charge on any atom is -0.312 e. The lowest BCUT2D eigenvalue weighted by molar-refractivity contribution is -0.130. The quantitative estimate of drug-likeness (QED) is 0.608. The van der Waals surface area contributed by atoms with Gasteiger partial charge in [-0.15, -0.1) is 0 Å². The largest absolute Gasteiger partial charge is 0.312 e. The van der Waals surface area contributed by atoms with Crippen LogP contribution >= 0.6 is 0 Å². The molecular formula is C14H17NO. The molecular weight excluding hydrogens is 198 g/mol. The Kier molecular flexibility index (Phi) is 2.23. The van der Waals surface area contributed by atoms with Crippen molar-refractivity contribution < 1.29 is 4.79 Å². The molecule has 0 aromatic carbocycles. The summed E-state index contributed by atoms with van der Waals surface area (Å²) in [6, 6.07) is 0. The van der Waals surface area contributed by atoms with Crippen LogP contribution in [0.5, 0.6) is 0 Å². The number of rotatable bonds is 0. The number of hydrogen-bond donors (Lipinski definition) is 0. The maximum absolute atomic E-state index is 11.9. The molecule has 2 heterocycles. The van der Waals surface area contributed by atoms with Gasteiger partial charge in [-0.25, -0.2) is 0 Å². The Bertz CT molecular complexity index is 428. The average Bonchev–Trinajstić information content (AvgIpc) is 2.44. The Morgan fingerprint density at radius 2 is 2.19 bits per heavy atom. The molecule has 0 N–H and O–H groups in total. The molecule has 1 atom stereocenters. The van der Waals surface area contributed by atoms with Crippen LogP contribution in [-0.2, 0) is 4.79 Å². The highest BCUT2D eigenvalue weighted by Crippen LogP contribution is 2.37. The molecule has 1 saturated heterocycles. The Morgan fingerprint density at radius 1 is 1.31 bits per heavy atom. The van der Waals surface area contributed by atoms with Gasteiger partial charge in [0.15, 0.2) is 0 Å². The first-order valence-corrected chi connectivity index (χ1v) is 6.18. The maximum Gasteiger partial charge on any atom is 0.227 e. The molecule has 3 aliphatic rings. The van der Waals surface area contributed by atoms with E-state index in [1.54, 1.807) is 0 Å². The van der Waals surface area contributed by atoms with Crippen LogP contribution in [0.2, 0.25) is 0 Å². The topological polar surface area (TPSA) is 20.3 Å². The van der Waals surface area contributed by atoms with Crippen molar-refractivity contribution in [3.8, 4) is 0 Å². The van der Waals surface area contributed by atoms with Gasteiger partial charge in [-0.3, -0.25) is 4.79 Å². The van der Waals surface area contributed by atoms with Gasteiger partial charge in [0.2, 0.25) is 5.91 Å². The van der Waals surface area contributed by atoms with Gasteiger partial charge in [0.05, 0.1) is 0 Å². The summed E-state index contributed by atoms with van der Waals surface area (Å²) >= 11 is 0. The monoisotopic (exact) mass is 215 g/mol. The molecule has 2 nitrogen and oxygen atoms in total. The minimum absolute atomic E-state index is 0.312. The first kappa shape index (κ1) is 9.88. The summed E-state index contributed by atoms with van der Waals surface area (Å²) in [6.45, 7) is 3.12. The lowest BCUT2D eigenvalue weighted by atomic mass is 9.91. The van der Waals surface area contributed by atoms with Crippen molar-refractivity contribution in [2.45, 2.75) is 32.6 Å². The summed E-state index contributed by atoms with van der Waals surface area (Å²) in [6.07, 6.45) is 10.7. The van der Waals surface area contributed by atoms with Gasteiger partial charge in [0, 0.05) is 18.7 Å². The van der Waals surface area contributed by atoms with Crippen LogP contribution in [0.1, 0.15) is 32.6 Å². The van der Waals surface area contributed by atoms with Gasteiger partial charge >= 0.3 is 0 Å². The molecule has 0 aromatic rings. The van der Waals surface area contributed by atoms with E-state index in [0.717, 1.165) is 25.8 Å². The first-order chi connectivity index (χ1) is 7.75. The van der Waals surface area contributed by atoms with E-state index in [0.29, 0.717) is 18.2 Å². The SMILES string of the molecule is CC1C=CC2=C3C(=C1)CCCN3C(=O)CC2. The number of hydrogen-bond acceptors (Lipinski definition) is 1. The highest BCUT2D eigenvalue weighted by atomic mass is 16.2. The predicted molar refractivity (Wildman–Crippen MR) is 63.6 cm³/mol. The molecule has 84 valence electrons. The van der Waals surface area contributed by atoms with Crippen molar-refractivity contribution >= 4 is 5.91 Å². The fraction of sp³-hybridized carbons (Fsp3) is 0.500. The number of carbonyl (C=O) groups excluding carboxylic acids is 1. The number of amides is 1. The summed E-state index contributed by atoms with van der Waals surface area (Å²) < 4.78 is 0. The predicted octanol–water partition coefficient (Wildman–Crippen LogP) is 2.79. The van der Waals surface area contributed by atoms with Gasteiger partial charge in [-0.1, -0.05) is 25.2 Å². The Hall–Kier alpha value is -1.31. The summed E-state index contributed by atoms with van der Waals surface area (Å²) in [5.41, 5.74) is 4.00. The van der Waals surface area contributed by atoms with E-state index in [9.17, 15) is 4.79 Å². The fourth-order valence-corrected chi connectivity index (χ4v) is 2.92. The molecule has 3 rings (SSSR count). The van der Waals surface area contributed by atoms with Crippen LogP contribution in [-0.4, -0.2) is 17.4 Å². The van der Waals surface area contributed by atoms with Crippen molar-refractivity contribution in [1.82, 2.24) is 4.90 Å². The molecule has 0 spiro atoms. The summed E-state index contributed by atoms with van der Waals surface area (Å²) in [4.78, 5) is 13.9. The average molecular weight is 215 g/mol. The summed E-state index contributed by atoms with van der Waals surface area (Å²) in [5, 5.41) is 0. The van der Waals surface area contributed by atoms with Crippen LogP contribution in [0.3, 0.4) is 0 Å².